The molecule has 0 spiro atoms. The van der Waals surface area contributed by atoms with Gasteiger partial charge in [0.05, 0.1) is 0 Å². The summed E-state index contributed by atoms with van der Waals surface area (Å²) in [5, 5.41) is 0. The van der Waals surface area contributed by atoms with Gasteiger partial charge in [0.25, 0.3) is 5.91 Å². The molecule has 0 aromatic carbocycles. The van der Waals surface area contributed by atoms with E-state index in [0.29, 0.717) is 12.1 Å². The van der Waals surface area contributed by atoms with Gasteiger partial charge >= 0.3 is 0 Å². The molecule has 1 atom stereocenters. The first-order valence-corrected chi connectivity index (χ1v) is 21.3. The topological polar surface area (TPSA) is 49.9 Å². The molecule has 0 aromatic heterocycles. The molecule has 2 aliphatic rings. The lowest BCUT2D eigenvalue weighted by atomic mass is 9.88. The molecule has 0 bridgehead atoms. The zero-order chi connectivity index (χ0) is 33.8. The Morgan fingerprint density at radius 3 is 1.34 bits per heavy atom. The molecule has 0 radical (unpaired) electrons. The summed E-state index contributed by atoms with van der Waals surface area (Å²) in [6, 6.07) is 0.716. The predicted molar refractivity (Wildman–Crippen MR) is 201 cm³/mol. The van der Waals surface area contributed by atoms with Gasteiger partial charge in [0.2, 0.25) is 5.91 Å². The molecule has 0 saturated heterocycles. The van der Waals surface area contributed by atoms with Gasteiger partial charge in [-0.15, -0.1) is 0 Å². The lowest BCUT2D eigenvalue weighted by molar-refractivity contribution is -0.155. The van der Waals surface area contributed by atoms with Gasteiger partial charge in [0.1, 0.15) is 12.7 Å². The van der Waals surface area contributed by atoms with E-state index in [9.17, 15) is 9.59 Å². The average Bonchev–Trinajstić information content (AvgIpc) is 3.10. The summed E-state index contributed by atoms with van der Waals surface area (Å²) in [5.41, 5.74) is 0. The second-order valence-corrected chi connectivity index (χ2v) is 15.3. The number of carbonyl (C=O) groups is 2. The molecule has 0 heterocycles. The number of carbonyl (C=O) groups excluding carboxylic acids is 2. The van der Waals surface area contributed by atoms with Crippen molar-refractivity contribution >= 4 is 11.8 Å². The Labute approximate surface area is 293 Å². The van der Waals surface area contributed by atoms with Crippen LogP contribution in [0.2, 0.25) is 0 Å². The van der Waals surface area contributed by atoms with E-state index in [1.165, 1.54) is 141 Å². The fourth-order valence-corrected chi connectivity index (χ4v) is 8.07. The van der Waals surface area contributed by atoms with Crippen LogP contribution in [0.3, 0.4) is 0 Å². The van der Waals surface area contributed by atoms with Gasteiger partial charge < -0.3 is 14.5 Å². The van der Waals surface area contributed by atoms with Crippen molar-refractivity contribution in [2.45, 2.75) is 238 Å². The summed E-state index contributed by atoms with van der Waals surface area (Å²) < 4.78 is 6.51. The molecule has 2 saturated carbocycles. The van der Waals surface area contributed by atoms with Crippen LogP contribution in [-0.2, 0) is 14.3 Å². The molecule has 2 amide bonds. The highest BCUT2D eigenvalue weighted by atomic mass is 16.5. The van der Waals surface area contributed by atoms with E-state index < -0.39 is 6.10 Å². The standard InChI is InChI=1S/C42H80N2O3/c1-4-7-10-13-16-17-18-27-34-40(42(46)44(38-30-23-21-24-31-38)39-32-25-22-26-33-39)47-37-41(45)43(35-28-19-14-11-8-5-2)36-29-20-15-12-9-6-3/h38-40H,4-37H2,1-3H3. The minimum Gasteiger partial charge on any atom is -0.359 e. The van der Waals surface area contributed by atoms with E-state index in [-0.39, 0.29) is 18.4 Å². The molecular weight excluding hydrogens is 580 g/mol. The van der Waals surface area contributed by atoms with Crippen molar-refractivity contribution in [3.8, 4) is 0 Å². The Balaban J connectivity index is 2.05. The SMILES string of the molecule is CCCCCCCCCCC(OCC(=O)N(CCCCCCCC)CCCCCCCC)C(=O)N(C1CCCCC1)C1CCCCC1. The molecule has 5 heteroatoms. The quantitative estimate of drug-likeness (QED) is 0.0750. The van der Waals surface area contributed by atoms with Gasteiger partial charge in [-0.3, -0.25) is 9.59 Å². The lowest BCUT2D eigenvalue weighted by Gasteiger charge is -2.43. The maximum absolute atomic E-state index is 14.5. The highest BCUT2D eigenvalue weighted by molar-refractivity contribution is 5.83. The summed E-state index contributed by atoms with van der Waals surface area (Å²) in [6.45, 7) is 8.51. The van der Waals surface area contributed by atoms with Crippen LogP contribution in [0.4, 0.5) is 0 Å². The number of hydrogen-bond donors (Lipinski definition) is 0. The molecule has 2 fully saturated rings. The highest BCUT2D eigenvalue weighted by Gasteiger charge is 2.36. The number of hydrogen-bond acceptors (Lipinski definition) is 3. The second kappa shape index (κ2) is 28.7. The van der Waals surface area contributed by atoms with Crippen molar-refractivity contribution in [2.75, 3.05) is 19.7 Å². The van der Waals surface area contributed by atoms with E-state index in [2.05, 4.69) is 30.6 Å². The van der Waals surface area contributed by atoms with Crippen LogP contribution in [-0.4, -0.2) is 59.5 Å². The summed E-state index contributed by atoms with van der Waals surface area (Å²) in [6.07, 6.45) is 37.1. The molecular formula is C42H80N2O3. The normalized spacial score (nSPS) is 16.7. The Kier molecular flexibility index (Phi) is 25.7. The molecule has 2 rings (SSSR count). The van der Waals surface area contributed by atoms with Gasteiger partial charge in [0.15, 0.2) is 0 Å². The van der Waals surface area contributed by atoms with Crippen LogP contribution < -0.4 is 0 Å². The highest BCUT2D eigenvalue weighted by Crippen LogP contribution is 2.32. The second-order valence-electron chi connectivity index (χ2n) is 15.3. The Morgan fingerprint density at radius 1 is 0.532 bits per heavy atom. The lowest BCUT2D eigenvalue weighted by Crippen LogP contribution is -2.53. The molecule has 276 valence electrons. The molecule has 0 N–H and O–H groups in total. The fraction of sp³-hybridized carbons (Fsp3) is 0.952. The first-order chi connectivity index (χ1) is 23.1. The summed E-state index contributed by atoms with van der Waals surface area (Å²) in [4.78, 5) is 32.7. The van der Waals surface area contributed by atoms with Crippen molar-refractivity contribution in [3.05, 3.63) is 0 Å². The van der Waals surface area contributed by atoms with Crippen molar-refractivity contribution in [2.24, 2.45) is 0 Å². The predicted octanol–water partition coefficient (Wildman–Crippen LogP) is 11.9. The number of ether oxygens (including phenoxy) is 1. The summed E-state index contributed by atoms with van der Waals surface area (Å²) >= 11 is 0. The zero-order valence-corrected chi connectivity index (χ0v) is 31.9. The maximum atomic E-state index is 14.5. The maximum Gasteiger partial charge on any atom is 0.252 e. The van der Waals surface area contributed by atoms with Crippen molar-refractivity contribution < 1.29 is 14.3 Å². The fourth-order valence-electron chi connectivity index (χ4n) is 8.07. The van der Waals surface area contributed by atoms with Gasteiger partial charge in [-0.25, -0.2) is 0 Å². The third kappa shape index (κ3) is 19.0. The van der Waals surface area contributed by atoms with Crippen LogP contribution in [0.15, 0.2) is 0 Å². The van der Waals surface area contributed by atoms with Crippen molar-refractivity contribution in [3.63, 3.8) is 0 Å². The van der Waals surface area contributed by atoms with E-state index in [1.807, 2.05) is 0 Å². The Bertz CT molecular complexity index is 712. The third-order valence-electron chi connectivity index (χ3n) is 11.1. The van der Waals surface area contributed by atoms with Crippen molar-refractivity contribution in [1.82, 2.24) is 9.80 Å². The molecule has 1 unspecified atom stereocenters. The zero-order valence-electron chi connectivity index (χ0n) is 31.9. The summed E-state index contributed by atoms with van der Waals surface area (Å²) in [7, 11) is 0. The van der Waals surface area contributed by atoms with E-state index >= 15 is 0 Å². The Morgan fingerprint density at radius 2 is 0.915 bits per heavy atom. The number of amides is 2. The van der Waals surface area contributed by atoms with Crippen LogP contribution in [0.25, 0.3) is 0 Å². The van der Waals surface area contributed by atoms with Crippen molar-refractivity contribution in [1.29, 1.82) is 0 Å². The van der Waals surface area contributed by atoms with Crippen LogP contribution >= 0.6 is 0 Å². The number of nitrogens with zero attached hydrogens (tertiary/aromatic N) is 2. The summed E-state index contributed by atoms with van der Waals surface area (Å²) in [5.74, 6) is 0.306. The first-order valence-electron chi connectivity index (χ1n) is 21.3. The largest absolute Gasteiger partial charge is 0.359 e. The number of unbranched alkanes of at least 4 members (excludes halogenated alkanes) is 17. The molecule has 47 heavy (non-hydrogen) atoms. The third-order valence-corrected chi connectivity index (χ3v) is 11.1. The van der Waals surface area contributed by atoms with Gasteiger partial charge in [-0.2, -0.15) is 0 Å². The van der Waals surface area contributed by atoms with E-state index in [4.69, 9.17) is 4.74 Å². The monoisotopic (exact) mass is 661 g/mol. The van der Waals surface area contributed by atoms with Crippen LogP contribution in [0.5, 0.6) is 0 Å². The molecule has 5 nitrogen and oxygen atoms in total. The van der Waals surface area contributed by atoms with Gasteiger partial charge in [-0.1, -0.05) is 175 Å². The average molecular weight is 661 g/mol. The van der Waals surface area contributed by atoms with E-state index in [0.717, 1.165) is 70.9 Å². The van der Waals surface area contributed by atoms with Gasteiger partial charge in [-0.05, 0) is 44.9 Å². The number of rotatable bonds is 29. The smallest absolute Gasteiger partial charge is 0.252 e. The molecule has 0 aliphatic heterocycles. The minimum atomic E-state index is -0.479. The van der Waals surface area contributed by atoms with E-state index in [1.54, 1.807) is 0 Å². The van der Waals surface area contributed by atoms with Gasteiger partial charge in [0, 0.05) is 25.2 Å². The van der Waals surface area contributed by atoms with Crippen LogP contribution in [0.1, 0.15) is 220 Å². The Hall–Kier alpha value is -1.10. The van der Waals surface area contributed by atoms with Crippen LogP contribution in [0, 0.1) is 0 Å². The molecule has 2 aliphatic carbocycles. The minimum absolute atomic E-state index is 0.0578. The molecule has 0 aromatic rings. The first kappa shape index (κ1) is 42.1.